The molecule has 14 heteroatoms. The van der Waals surface area contributed by atoms with Gasteiger partial charge in [-0.2, -0.15) is 39.5 Å². The first-order valence-corrected chi connectivity index (χ1v) is 7.89. The predicted octanol–water partition coefficient (Wildman–Crippen LogP) is 3.13. The highest BCUT2D eigenvalue weighted by Gasteiger charge is 2.86. The first-order valence-electron chi connectivity index (χ1n) is 7.89. The summed E-state index contributed by atoms with van der Waals surface area (Å²) >= 11 is 0. The minimum Gasteiger partial charge on any atom is -0.464 e. The van der Waals surface area contributed by atoms with Crippen molar-refractivity contribution in [3.63, 3.8) is 0 Å². The third kappa shape index (κ3) is 3.18. The molecule has 0 spiro atoms. The molecule has 0 saturated carbocycles. The molecule has 2 heterocycles. The second-order valence-corrected chi connectivity index (χ2v) is 6.37. The monoisotopic (exact) mass is 431 g/mol. The first-order chi connectivity index (χ1) is 12.5. The molecular formula is C14H14F9NO4. The molecule has 2 aliphatic rings. The Morgan fingerprint density at radius 2 is 1.57 bits per heavy atom. The van der Waals surface area contributed by atoms with Gasteiger partial charge in [0, 0.05) is 19.4 Å². The molecule has 0 bridgehead atoms. The van der Waals surface area contributed by atoms with Crippen molar-refractivity contribution in [2.45, 2.75) is 62.0 Å². The van der Waals surface area contributed by atoms with Gasteiger partial charge < -0.3 is 14.4 Å². The Bertz CT molecular complexity index is 606. The smallest absolute Gasteiger partial charge is 0.435 e. The number of carbonyl (C=O) groups is 2. The maximum absolute atomic E-state index is 13.0. The molecule has 5 nitrogen and oxygen atoms in total. The molecule has 2 rings (SSSR count). The number of hydrogen-bond donors (Lipinski definition) is 0. The van der Waals surface area contributed by atoms with Gasteiger partial charge in [-0.25, -0.2) is 4.79 Å². The Labute approximate surface area is 151 Å². The Morgan fingerprint density at radius 3 is 2.00 bits per heavy atom. The van der Waals surface area contributed by atoms with E-state index in [1.807, 2.05) is 0 Å². The summed E-state index contributed by atoms with van der Waals surface area (Å²) in [5.74, 6) is -1.93. The summed E-state index contributed by atoms with van der Waals surface area (Å²) in [4.78, 5) is 24.7. The summed E-state index contributed by atoms with van der Waals surface area (Å²) < 4.78 is 126. The van der Waals surface area contributed by atoms with E-state index in [0.29, 0.717) is 4.90 Å². The zero-order valence-electron chi connectivity index (χ0n) is 14.1. The molecule has 28 heavy (non-hydrogen) atoms. The summed E-state index contributed by atoms with van der Waals surface area (Å²) in [5, 5.41) is 0. The lowest BCUT2D eigenvalue weighted by Gasteiger charge is -2.39. The van der Waals surface area contributed by atoms with E-state index in [1.165, 1.54) is 6.92 Å². The first kappa shape index (κ1) is 22.6. The van der Waals surface area contributed by atoms with Gasteiger partial charge in [0.15, 0.2) is 0 Å². The Kier molecular flexibility index (Phi) is 5.37. The minimum atomic E-state index is -6.89. The molecule has 1 amide bonds. The highest BCUT2D eigenvalue weighted by molar-refractivity contribution is 5.92. The van der Waals surface area contributed by atoms with Crippen molar-refractivity contribution in [2.24, 2.45) is 0 Å². The van der Waals surface area contributed by atoms with Crippen LogP contribution in [-0.4, -0.2) is 65.7 Å². The topological polar surface area (TPSA) is 55.8 Å². The Morgan fingerprint density at radius 1 is 1.07 bits per heavy atom. The number of amides is 1. The number of nitrogens with zero attached hydrogens (tertiary/aromatic N) is 1. The molecule has 0 N–H and O–H groups in total. The van der Waals surface area contributed by atoms with E-state index < -0.39 is 60.6 Å². The number of halogens is 9. The fraction of sp³-hybridized carbons (Fsp3) is 0.857. The van der Waals surface area contributed by atoms with Crippen LogP contribution in [0, 0.1) is 0 Å². The number of carbonyl (C=O) groups excluding carboxylic acids is 2. The lowest BCUT2D eigenvalue weighted by molar-refractivity contribution is -0.463. The summed E-state index contributed by atoms with van der Waals surface area (Å²) in [7, 11) is 0. The van der Waals surface area contributed by atoms with Crippen LogP contribution >= 0.6 is 0 Å². The molecule has 2 fully saturated rings. The van der Waals surface area contributed by atoms with Crippen LogP contribution in [0.2, 0.25) is 0 Å². The Balaban J connectivity index is 2.45. The highest BCUT2D eigenvalue weighted by Crippen LogP contribution is 2.56. The molecule has 0 radical (unpaired) electrons. The van der Waals surface area contributed by atoms with Gasteiger partial charge in [-0.15, -0.1) is 0 Å². The molecule has 162 valence electrons. The van der Waals surface area contributed by atoms with Crippen LogP contribution in [0.5, 0.6) is 0 Å². The molecule has 0 aromatic rings. The van der Waals surface area contributed by atoms with E-state index in [2.05, 4.69) is 4.74 Å². The van der Waals surface area contributed by atoms with E-state index in [-0.39, 0.29) is 19.4 Å². The van der Waals surface area contributed by atoms with E-state index in [9.17, 15) is 49.1 Å². The van der Waals surface area contributed by atoms with E-state index in [0.717, 1.165) is 0 Å². The van der Waals surface area contributed by atoms with Gasteiger partial charge in [-0.1, -0.05) is 0 Å². The summed E-state index contributed by atoms with van der Waals surface area (Å²) in [6, 6.07) is 0. The standard InChI is InChI=1S/C14H14F9NO4/c1-2-27-9(26)10-4-3-8(25)24(10)6-7(5-10)28-11(12(15,16)17,13(18,19)20)14(21,22)23/h7H,2-6H2,1H3. The van der Waals surface area contributed by atoms with E-state index in [1.54, 1.807) is 0 Å². The fourth-order valence-corrected chi connectivity index (χ4v) is 3.53. The molecule has 2 atom stereocenters. The SMILES string of the molecule is CCOC(=O)C12CCC(=O)N1CC(OC(C(F)(F)F)(C(F)(F)F)C(F)(F)F)C2. The van der Waals surface area contributed by atoms with Gasteiger partial charge in [-0.05, 0) is 13.3 Å². The lowest BCUT2D eigenvalue weighted by Crippen LogP contribution is -2.68. The Hall–Kier alpha value is -1.73. The van der Waals surface area contributed by atoms with Gasteiger partial charge in [0.2, 0.25) is 5.91 Å². The van der Waals surface area contributed by atoms with Crippen LogP contribution in [0.4, 0.5) is 39.5 Å². The molecule has 0 aromatic carbocycles. The van der Waals surface area contributed by atoms with Crippen molar-refractivity contribution in [1.82, 2.24) is 4.90 Å². The minimum absolute atomic E-state index is 0.217. The second-order valence-electron chi connectivity index (χ2n) is 6.37. The predicted molar refractivity (Wildman–Crippen MR) is 70.7 cm³/mol. The summed E-state index contributed by atoms with van der Waals surface area (Å²) in [6.07, 6.45) is -24.6. The molecule has 2 unspecified atom stereocenters. The van der Waals surface area contributed by atoms with Gasteiger partial charge >= 0.3 is 30.1 Å². The maximum Gasteiger partial charge on any atom is 0.435 e. The van der Waals surface area contributed by atoms with Crippen molar-refractivity contribution in [3.05, 3.63) is 0 Å². The van der Waals surface area contributed by atoms with Crippen molar-refractivity contribution in [2.75, 3.05) is 13.2 Å². The third-order valence-corrected chi connectivity index (χ3v) is 4.72. The van der Waals surface area contributed by atoms with Crippen LogP contribution in [0.25, 0.3) is 0 Å². The normalized spacial score (nSPS) is 26.6. The molecule has 2 saturated heterocycles. The third-order valence-electron chi connectivity index (χ3n) is 4.72. The number of alkyl halides is 9. The van der Waals surface area contributed by atoms with Gasteiger partial charge in [-0.3, -0.25) is 4.79 Å². The van der Waals surface area contributed by atoms with Crippen molar-refractivity contribution < 1.29 is 58.6 Å². The van der Waals surface area contributed by atoms with E-state index >= 15 is 0 Å². The second kappa shape index (κ2) is 6.66. The highest BCUT2D eigenvalue weighted by atomic mass is 19.4. The average molecular weight is 431 g/mol. The quantitative estimate of drug-likeness (QED) is 0.507. The molecule has 2 aliphatic heterocycles. The zero-order chi connectivity index (χ0) is 21.8. The van der Waals surface area contributed by atoms with Crippen LogP contribution in [0.15, 0.2) is 0 Å². The average Bonchev–Trinajstić information content (AvgIpc) is 2.99. The van der Waals surface area contributed by atoms with Gasteiger partial charge in [0.05, 0.1) is 12.7 Å². The fourth-order valence-electron chi connectivity index (χ4n) is 3.53. The zero-order valence-corrected chi connectivity index (χ0v) is 14.1. The largest absolute Gasteiger partial charge is 0.464 e. The summed E-state index contributed by atoms with van der Waals surface area (Å²) in [5.41, 5.74) is -8.41. The van der Waals surface area contributed by atoms with Crippen molar-refractivity contribution >= 4 is 11.9 Å². The summed E-state index contributed by atoms with van der Waals surface area (Å²) in [6.45, 7) is 0.105. The maximum atomic E-state index is 13.0. The van der Waals surface area contributed by atoms with Crippen LogP contribution in [0.1, 0.15) is 26.2 Å². The number of ether oxygens (including phenoxy) is 2. The number of esters is 1. The molecule has 0 aromatic heterocycles. The van der Waals surface area contributed by atoms with Gasteiger partial charge in [0.1, 0.15) is 5.54 Å². The number of fused-ring (bicyclic) bond motifs is 1. The van der Waals surface area contributed by atoms with E-state index in [4.69, 9.17) is 4.74 Å². The van der Waals surface area contributed by atoms with Crippen molar-refractivity contribution in [3.8, 4) is 0 Å². The van der Waals surface area contributed by atoms with Crippen LogP contribution in [-0.2, 0) is 19.1 Å². The number of rotatable bonds is 4. The lowest BCUT2D eigenvalue weighted by atomic mass is 9.92. The molecule has 0 aliphatic carbocycles. The van der Waals surface area contributed by atoms with Crippen LogP contribution < -0.4 is 0 Å². The van der Waals surface area contributed by atoms with Gasteiger partial charge in [0.25, 0.3) is 0 Å². The van der Waals surface area contributed by atoms with Crippen LogP contribution in [0.3, 0.4) is 0 Å². The van der Waals surface area contributed by atoms with Crippen molar-refractivity contribution in [1.29, 1.82) is 0 Å². The molecular weight excluding hydrogens is 417 g/mol. The number of hydrogen-bond acceptors (Lipinski definition) is 4.